The number of likely N-dealkylation sites (N-methyl/N-ethyl adjacent to an activating group) is 1. The Morgan fingerprint density at radius 2 is 1.79 bits per heavy atom. The first kappa shape index (κ1) is 26.8. The minimum atomic E-state index is -3.97. The number of hydrogen-bond donors (Lipinski definition) is 1. The second-order valence-corrected chi connectivity index (χ2v) is 9.78. The molecule has 0 aliphatic carbocycles. The number of nitro groups is 1. The van der Waals surface area contributed by atoms with Gasteiger partial charge in [-0.2, -0.15) is 0 Å². The molecule has 0 aliphatic heterocycles. The molecule has 0 saturated carbocycles. The summed E-state index contributed by atoms with van der Waals surface area (Å²) in [4.78, 5) is 38.1. The predicted molar refractivity (Wildman–Crippen MR) is 130 cm³/mol. The van der Waals surface area contributed by atoms with Gasteiger partial charge in [0.15, 0.2) is 0 Å². The molecule has 184 valence electrons. The summed E-state index contributed by atoms with van der Waals surface area (Å²) in [5, 5.41) is 13.9. The Kier molecular flexibility index (Phi) is 9.13. The van der Waals surface area contributed by atoms with E-state index in [0.717, 1.165) is 27.8 Å². The number of hydrogen-bond acceptors (Lipinski definition) is 6. The van der Waals surface area contributed by atoms with Gasteiger partial charge in [0.25, 0.3) is 5.69 Å². The number of carbonyl (C=O) groups excluding carboxylic acids is 2. The average molecular weight is 491 g/mol. The molecule has 0 saturated heterocycles. The molecule has 2 aromatic carbocycles. The van der Waals surface area contributed by atoms with Gasteiger partial charge in [-0.05, 0) is 31.9 Å². The molecular weight excluding hydrogens is 460 g/mol. The summed E-state index contributed by atoms with van der Waals surface area (Å²) in [5.41, 5.74) is 1.46. The largest absolute Gasteiger partial charge is 0.355 e. The third-order valence-corrected chi connectivity index (χ3v) is 6.32. The second-order valence-electron chi connectivity index (χ2n) is 7.88. The van der Waals surface area contributed by atoms with E-state index in [2.05, 4.69) is 5.32 Å². The highest BCUT2D eigenvalue weighted by molar-refractivity contribution is 7.92. The molecular formula is C23H30N4O6S. The molecule has 0 unspecified atom stereocenters. The molecule has 1 atom stereocenters. The lowest BCUT2D eigenvalue weighted by atomic mass is 10.1. The third-order valence-electron chi connectivity index (χ3n) is 5.18. The number of rotatable bonds is 11. The maximum absolute atomic E-state index is 13.5. The quantitative estimate of drug-likeness (QED) is 0.381. The molecule has 34 heavy (non-hydrogen) atoms. The number of carbonyl (C=O) groups is 2. The van der Waals surface area contributed by atoms with Crippen LogP contribution in [0.3, 0.4) is 0 Å². The Bertz CT molecular complexity index is 1150. The van der Waals surface area contributed by atoms with Crippen LogP contribution in [0.15, 0.2) is 48.5 Å². The fourth-order valence-corrected chi connectivity index (χ4v) is 4.44. The van der Waals surface area contributed by atoms with Crippen LogP contribution in [0, 0.1) is 17.0 Å². The molecule has 0 heterocycles. The standard InChI is InChI=1S/C23H30N4O6S/c1-5-21(23(29)24-6-2)25(15-18-10-7-9-17(3)13-18)22(28)16-26(34(4,32)33)19-11-8-12-20(14-19)27(30)31/h7-14,21H,5-6,15-16H2,1-4H3,(H,24,29)/t21-/m1/s1. The lowest BCUT2D eigenvalue weighted by Gasteiger charge is -2.32. The van der Waals surface area contributed by atoms with Crippen LogP contribution < -0.4 is 9.62 Å². The van der Waals surface area contributed by atoms with Gasteiger partial charge in [0.05, 0.1) is 16.9 Å². The molecule has 2 amide bonds. The summed E-state index contributed by atoms with van der Waals surface area (Å²) in [5.74, 6) is -0.941. The van der Waals surface area contributed by atoms with Crippen molar-refractivity contribution in [1.29, 1.82) is 0 Å². The first-order valence-electron chi connectivity index (χ1n) is 10.8. The van der Waals surface area contributed by atoms with Crippen molar-refractivity contribution >= 4 is 33.2 Å². The van der Waals surface area contributed by atoms with E-state index in [9.17, 15) is 28.1 Å². The maximum atomic E-state index is 13.5. The van der Waals surface area contributed by atoms with Gasteiger partial charge in [0.1, 0.15) is 12.6 Å². The molecule has 0 fully saturated rings. The van der Waals surface area contributed by atoms with Gasteiger partial charge in [0.2, 0.25) is 21.8 Å². The van der Waals surface area contributed by atoms with Crippen LogP contribution in [0.1, 0.15) is 31.4 Å². The highest BCUT2D eigenvalue weighted by Crippen LogP contribution is 2.24. The molecule has 2 rings (SSSR count). The van der Waals surface area contributed by atoms with Crippen LogP contribution in [-0.4, -0.2) is 55.4 Å². The normalized spacial score (nSPS) is 12.0. The zero-order chi connectivity index (χ0) is 25.5. The van der Waals surface area contributed by atoms with E-state index in [0.29, 0.717) is 13.0 Å². The Labute approximate surface area is 199 Å². The Balaban J connectivity index is 2.47. The first-order valence-corrected chi connectivity index (χ1v) is 12.7. The van der Waals surface area contributed by atoms with Crippen molar-refractivity contribution in [3.8, 4) is 0 Å². The van der Waals surface area contributed by atoms with Gasteiger partial charge >= 0.3 is 0 Å². The van der Waals surface area contributed by atoms with E-state index in [1.807, 2.05) is 31.2 Å². The number of amides is 2. The summed E-state index contributed by atoms with van der Waals surface area (Å²) in [6.45, 7) is 5.32. The van der Waals surface area contributed by atoms with Crippen molar-refractivity contribution in [3.63, 3.8) is 0 Å². The Morgan fingerprint density at radius 1 is 1.12 bits per heavy atom. The number of sulfonamides is 1. The van der Waals surface area contributed by atoms with E-state index in [4.69, 9.17) is 0 Å². The maximum Gasteiger partial charge on any atom is 0.271 e. The number of non-ortho nitro benzene ring substituents is 1. The second kappa shape index (κ2) is 11.6. The van der Waals surface area contributed by atoms with Crippen molar-refractivity contribution in [2.75, 3.05) is 23.7 Å². The molecule has 0 aliphatic rings. The van der Waals surface area contributed by atoms with Crippen LogP contribution in [-0.2, 0) is 26.2 Å². The minimum Gasteiger partial charge on any atom is -0.355 e. The molecule has 11 heteroatoms. The number of nitro benzene ring substituents is 1. The lowest BCUT2D eigenvalue weighted by molar-refractivity contribution is -0.384. The van der Waals surface area contributed by atoms with Crippen LogP contribution in [0.2, 0.25) is 0 Å². The van der Waals surface area contributed by atoms with Gasteiger partial charge in [-0.25, -0.2) is 8.42 Å². The Morgan fingerprint density at radius 3 is 2.35 bits per heavy atom. The average Bonchev–Trinajstić information content (AvgIpc) is 2.76. The van der Waals surface area contributed by atoms with Crippen LogP contribution in [0.25, 0.3) is 0 Å². The highest BCUT2D eigenvalue weighted by Gasteiger charge is 2.31. The molecule has 2 aromatic rings. The number of aryl methyl sites for hydroxylation is 1. The van der Waals surface area contributed by atoms with Crippen LogP contribution >= 0.6 is 0 Å². The summed E-state index contributed by atoms with van der Waals surface area (Å²) in [7, 11) is -3.97. The molecule has 1 N–H and O–H groups in total. The monoisotopic (exact) mass is 490 g/mol. The van der Waals surface area contributed by atoms with Crippen molar-refractivity contribution in [2.45, 2.75) is 39.8 Å². The summed E-state index contributed by atoms with van der Waals surface area (Å²) >= 11 is 0. The number of nitrogens with one attached hydrogen (secondary N) is 1. The van der Waals surface area contributed by atoms with Gasteiger partial charge in [-0.3, -0.25) is 24.0 Å². The number of anilines is 1. The fourth-order valence-electron chi connectivity index (χ4n) is 3.59. The summed E-state index contributed by atoms with van der Waals surface area (Å²) in [6.07, 6.45) is 1.24. The van der Waals surface area contributed by atoms with Crippen molar-refractivity contribution in [3.05, 3.63) is 69.8 Å². The molecule has 0 bridgehead atoms. The van der Waals surface area contributed by atoms with Crippen molar-refractivity contribution in [2.24, 2.45) is 0 Å². The van der Waals surface area contributed by atoms with E-state index in [1.165, 1.54) is 23.1 Å². The zero-order valence-corrected chi connectivity index (χ0v) is 20.5. The summed E-state index contributed by atoms with van der Waals surface area (Å²) < 4.78 is 25.9. The third kappa shape index (κ3) is 7.01. The lowest BCUT2D eigenvalue weighted by Crippen LogP contribution is -2.52. The molecule has 0 spiro atoms. The van der Waals surface area contributed by atoms with Crippen LogP contribution in [0.4, 0.5) is 11.4 Å². The zero-order valence-electron chi connectivity index (χ0n) is 19.7. The summed E-state index contributed by atoms with van der Waals surface area (Å²) in [6, 6.07) is 11.7. The van der Waals surface area contributed by atoms with E-state index in [1.54, 1.807) is 13.8 Å². The number of benzene rings is 2. The first-order chi connectivity index (χ1) is 16.0. The minimum absolute atomic E-state index is 0.00777. The predicted octanol–water partition coefficient (Wildman–Crippen LogP) is 2.61. The molecule has 10 nitrogen and oxygen atoms in total. The van der Waals surface area contributed by atoms with Crippen molar-refractivity contribution in [1.82, 2.24) is 10.2 Å². The van der Waals surface area contributed by atoms with E-state index >= 15 is 0 Å². The van der Waals surface area contributed by atoms with E-state index in [-0.39, 0.29) is 23.8 Å². The van der Waals surface area contributed by atoms with Crippen LogP contribution in [0.5, 0.6) is 0 Å². The van der Waals surface area contributed by atoms with Crippen molar-refractivity contribution < 1.29 is 22.9 Å². The molecule has 0 aromatic heterocycles. The smallest absolute Gasteiger partial charge is 0.271 e. The molecule has 0 radical (unpaired) electrons. The highest BCUT2D eigenvalue weighted by atomic mass is 32.2. The SMILES string of the molecule is CCNC(=O)[C@@H](CC)N(Cc1cccc(C)c1)C(=O)CN(c1cccc([N+](=O)[O-])c1)S(C)(=O)=O. The van der Waals surface area contributed by atoms with Gasteiger partial charge in [-0.15, -0.1) is 0 Å². The van der Waals surface area contributed by atoms with E-state index < -0.39 is 33.4 Å². The fraction of sp³-hybridized carbons (Fsp3) is 0.391. The Hall–Kier alpha value is -3.47. The topological polar surface area (TPSA) is 130 Å². The van der Waals surface area contributed by atoms with Gasteiger partial charge in [0, 0.05) is 25.2 Å². The van der Waals surface area contributed by atoms with Gasteiger partial charge < -0.3 is 10.2 Å². The number of nitrogens with zero attached hydrogens (tertiary/aromatic N) is 3. The van der Waals surface area contributed by atoms with Gasteiger partial charge in [-0.1, -0.05) is 42.8 Å².